The number of carbonyl (C=O) groups is 2. The summed E-state index contributed by atoms with van der Waals surface area (Å²) in [4.78, 5) is 22.8. The maximum atomic E-state index is 11.7. The van der Waals surface area contributed by atoms with Crippen LogP contribution in [0.1, 0.15) is 29.9 Å². The Kier molecular flexibility index (Phi) is 3.23. The van der Waals surface area contributed by atoms with Gasteiger partial charge in [-0.1, -0.05) is 0 Å². The maximum Gasteiger partial charge on any atom is 0.341 e. The summed E-state index contributed by atoms with van der Waals surface area (Å²) >= 11 is 0. The van der Waals surface area contributed by atoms with Gasteiger partial charge in [0.15, 0.2) is 0 Å². The molecule has 94 valence electrons. The van der Waals surface area contributed by atoms with Gasteiger partial charge in [-0.15, -0.1) is 0 Å². The minimum absolute atomic E-state index is 0.0231. The fraction of sp³-hybridized carbons (Fsp3) is 0.500. The van der Waals surface area contributed by atoms with Crippen molar-refractivity contribution in [3.8, 4) is 0 Å². The van der Waals surface area contributed by atoms with Crippen LogP contribution in [0, 0.1) is 6.92 Å². The fourth-order valence-corrected chi connectivity index (χ4v) is 1.33. The summed E-state index contributed by atoms with van der Waals surface area (Å²) in [6.07, 6.45) is 0. The lowest BCUT2D eigenvalue weighted by Crippen LogP contribution is -2.45. The van der Waals surface area contributed by atoms with Crippen molar-refractivity contribution in [2.45, 2.75) is 26.3 Å². The first-order chi connectivity index (χ1) is 7.64. The highest BCUT2D eigenvalue weighted by Gasteiger charge is 2.27. The van der Waals surface area contributed by atoms with E-state index in [4.69, 9.17) is 10.8 Å². The predicted octanol–water partition coefficient (Wildman–Crippen LogP) is 0.103. The molecule has 1 aromatic rings. The van der Waals surface area contributed by atoms with Crippen LogP contribution >= 0.6 is 0 Å². The van der Waals surface area contributed by atoms with Gasteiger partial charge in [0.05, 0.1) is 11.2 Å². The number of amides is 1. The molecule has 0 aliphatic rings. The molecule has 0 aliphatic carbocycles. The third kappa shape index (κ3) is 2.62. The molecule has 0 spiro atoms. The van der Waals surface area contributed by atoms with E-state index >= 15 is 0 Å². The van der Waals surface area contributed by atoms with E-state index in [0.29, 0.717) is 5.69 Å². The van der Waals surface area contributed by atoms with Gasteiger partial charge in [0.2, 0.25) is 5.91 Å². The molecule has 1 heterocycles. The van der Waals surface area contributed by atoms with Crippen LogP contribution in [0.2, 0.25) is 0 Å². The molecule has 1 amide bonds. The molecule has 0 unspecified atom stereocenters. The standard InChI is InChI=1S/C10H16N4O3/c1-5-6(8(15)16)7(14(4)13-5)12-9(17)10(2,3)11/h11H2,1-4H3,(H,12,17)(H,15,16). The Labute approximate surface area is 98.6 Å². The molecule has 0 bridgehead atoms. The Morgan fingerprint density at radius 2 is 2.00 bits per heavy atom. The van der Waals surface area contributed by atoms with Crippen LogP contribution in [0.4, 0.5) is 5.82 Å². The molecule has 1 aromatic heterocycles. The minimum Gasteiger partial charge on any atom is -0.477 e. The molecule has 0 aliphatic heterocycles. The Morgan fingerprint density at radius 1 is 1.47 bits per heavy atom. The lowest BCUT2D eigenvalue weighted by Gasteiger charge is -2.18. The number of hydrogen-bond acceptors (Lipinski definition) is 4. The van der Waals surface area contributed by atoms with Crippen LogP contribution < -0.4 is 11.1 Å². The molecule has 4 N–H and O–H groups in total. The van der Waals surface area contributed by atoms with Gasteiger partial charge in [0.25, 0.3) is 0 Å². The van der Waals surface area contributed by atoms with Crippen molar-refractivity contribution in [2.75, 3.05) is 5.32 Å². The Morgan fingerprint density at radius 3 is 2.41 bits per heavy atom. The third-order valence-corrected chi connectivity index (χ3v) is 2.25. The maximum absolute atomic E-state index is 11.7. The molecular formula is C10H16N4O3. The number of nitrogens with zero attached hydrogens (tertiary/aromatic N) is 2. The Balaban J connectivity index is 3.15. The second-order valence-electron chi connectivity index (χ2n) is 4.41. The van der Waals surface area contributed by atoms with Gasteiger partial charge in [-0.05, 0) is 20.8 Å². The van der Waals surface area contributed by atoms with Crippen molar-refractivity contribution < 1.29 is 14.7 Å². The van der Waals surface area contributed by atoms with Gasteiger partial charge in [0, 0.05) is 7.05 Å². The Hall–Kier alpha value is -1.89. The lowest BCUT2D eigenvalue weighted by molar-refractivity contribution is -0.120. The summed E-state index contributed by atoms with van der Waals surface area (Å²) in [7, 11) is 1.55. The van der Waals surface area contributed by atoms with Gasteiger partial charge in [0.1, 0.15) is 11.4 Å². The summed E-state index contributed by atoms with van der Waals surface area (Å²) in [5, 5.41) is 15.5. The molecule has 7 heteroatoms. The van der Waals surface area contributed by atoms with Crippen molar-refractivity contribution >= 4 is 17.7 Å². The van der Waals surface area contributed by atoms with Crippen molar-refractivity contribution in [2.24, 2.45) is 12.8 Å². The number of aromatic nitrogens is 2. The van der Waals surface area contributed by atoms with Crippen molar-refractivity contribution in [3.05, 3.63) is 11.3 Å². The van der Waals surface area contributed by atoms with Crippen LogP contribution in [-0.2, 0) is 11.8 Å². The predicted molar refractivity (Wildman–Crippen MR) is 61.8 cm³/mol. The number of hydrogen-bond donors (Lipinski definition) is 3. The number of aromatic carboxylic acids is 1. The summed E-state index contributed by atoms with van der Waals surface area (Å²) in [5.41, 5.74) is 4.85. The SMILES string of the molecule is Cc1nn(C)c(NC(=O)C(C)(C)N)c1C(=O)O. The van der Waals surface area contributed by atoms with E-state index in [0.717, 1.165) is 0 Å². The summed E-state index contributed by atoms with van der Waals surface area (Å²) < 4.78 is 1.31. The van der Waals surface area contributed by atoms with Crippen molar-refractivity contribution in [3.63, 3.8) is 0 Å². The number of rotatable bonds is 3. The molecule has 0 saturated heterocycles. The van der Waals surface area contributed by atoms with E-state index in [9.17, 15) is 9.59 Å². The van der Waals surface area contributed by atoms with Crippen LogP contribution in [0.3, 0.4) is 0 Å². The second kappa shape index (κ2) is 4.17. The molecule has 0 fully saturated rings. The normalized spacial score (nSPS) is 11.4. The molecule has 0 atom stereocenters. The van der Waals surface area contributed by atoms with Gasteiger partial charge in [-0.25, -0.2) is 4.79 Å². The molecule has 0 saturated carbocycles. The number of nitrogens with two attached hydrogens (primary N) is 1. The monoisotopic (exact) mass is 240 g/mol. The van der Waals surface area contributed by atoms with E-state index in [2.05, 4.69) is 10.4 Å². The zero-order valence-corrected chi connectivity index (χ0v) is 10.2. The highest BCUT2D eigenvalue weighted by Crippen LogP contribution is 2.19. The second-order valence-corrected chi connectivity index (χ2v) is 4.41. The molecular weight excluding hydrogens is 224 g/mol. The van der Waals surface area contributed by atoms with E-state index < -0.39 is 17.4 Å². The van der Waals surface area contributed by atoms with E-state index in [-0.39, 0.29) is 11.4 Å². The molecule has 1 rings (SSSR count). The first-order valence-electron chi connectivity index (χ1n) is 5.01. The fourth-order valence-electron chi connectivity index (χ4n) is 1.33. The van der Waals surface area contributed by atoms with Crippen molar-refractivity contribution in [1.82, 2.24) is 9.78 Å². The van der Waals surface area contributed by atoms with Crippen LogP contribution in [-0.4, -0.2) is 32.3 Å². The van der Waals surface area contributed by atoms with Crippen LogP contribution in [0.25, 0.3) is 0 Å². The zero-order chi connectivity index (χ0) is 13.4. The van der Waals surface area contributed by atoms with Crippen molar-refractivity contribution in [1.29, 1.82) is 0 Å². The van der Waals surface area contributed by atoms with Gasteiger partial charge in [-0.2, -0.15) is 5.10 Å². The third-order valence-electron chi connectivity index (χ3n) is 2.25. The van der Waals surface area contributed by atoms with Crippen LogP contribution in [0.5, 0.6) is 0 Å². The smallest absolute Gasteiger partial charge is 0.341 e. The highest BCUT2D eigenvalue weighted by molar-refractivity contribution is 6.03. The summed E-state index contributed by atoms with van der Waals surface area (Å²) in [6, 6.07) is 0. The number of aryl methyl sites for hydroxylation is 2. The number of carbonyl (C=O) groups excluding carboxylic acids is 1. The largest absolute Gasteiger partial charge is 0.477 e. The van der Waals surface area contributed by atoms with E-state index in [1.807, 2.05) is 0 Å². The summed E-state index contributed by atoms with van der Waals surface area (Å²) in [5.74, 6) is -1.47. The van der Waals surface area contributed by atoms with Gasteiger partial charge >= 0.3 is 5.97 Å². The Bertz CT molecular complexity index is 471. The molecule has 0 radical (unpaired) electrons. The lowest BCUT2D eigenvalue weighted by atomic mass is 10.1. The average Bonchev–Trinajstić information content (AvgIpc) is 2.39. The highest BCUT2D eigenvalue weighted by atomic mass is 16.4. The number of carboxylic acids is 1. The average molecular weight is 240 g/mol. The first-order valence-corrected chi connectivity index (χ1v) is 5.01. The molecule has 7 nitrogen and oxygen atoms in total. The molecule has 0 aromatic carbocycles. The minimum atomic E-state index is -1.14. The molecule has 17 heavy (non-hydrogen) atoms. The number of carboxylic acid groups (broad SMARTS) is 1. The van der Waals surface area contributed by atoms with Gasteiger partial charge in [-0.3, -0.25) is 9.48 Å². The van der Waals surface area contributed by atoms with Crippen LogP contribution in [0.15, 0.2) is 0 Å². The zero-order valence-electron chi connectivity index (χ0n) is 10.2. The summed E-state index contributed by atoms with van der Waals surface area (Å²) in [6.45, 7) is 4.63. The first kappa shape index (κ1) is 13.2. The van der Waals surface area contributed by atoms with Gasteiger partial charge < -0.3 is 16.2 Å². The van der Waals surface area contributed by atoms with E-state index in [1.54, 1.807) is 14.0 Å². The number of nitrogens with one attached hydrogen (secondary N) is 1. The van der Waals surface area contributed by atoms with E-state index in [1.165, 1.54) is 18.5 Å². The topological polar surface area (TPSA) is 110 Å². The quantitative estimate of drug-likeness (QED) is 0.694. The number of anilines is 1.